The summed E-state index contributed by atoms with van der Waals surface area (Å²) >= 11 is 0. The molecule has 0 aliphatic rings. The standard InChI is InChI=1S/C52H90O6/c1-4-7-10-13-16-19-22-25-28-30-33-36-39-42-45-51(54)57-48-49(58-52(55)46-43-40-37-34-31-27-24-21-18-15-12-9-6-3)47-56-50(53)44-41-38-35-32-29-26-23-20-17-14-11-8-5-2/h7,10,16,19,25-29,31,49H,4-6,8-9,11-15,17-18,20-24,30,32-48H2,1-3H3/b10-7-,19-16-,28-25-,29-26-,31-27-. The van der Waals surface area contributed by atoms with Crippen LogP contribution in [0.1, 0.15) is 233 Å². The topological polar surface area (TPSA) is 78.9 Å². The second kappa shape index (κ2) is 46.8. The lowest BCUT2D eigenvalue weighted by Crippen LogP contribution is -2.30. The molecule has 6 heteroatoms. The minimum atomic E-state index is -0.795. The number of carbonyl (C=O) groups excluding carboxylic acids is 3. The summed E-state index contributed by atoms with van der Waals surface area (Å²) in [6.07, 6.45) is 56.3. The monoisotopic (exact) mass is 811 g/mol. The van der Waals surface area contributed by atoms with Gasteiger partial charge in [0.1, 0.15) is 13.2 Å². The first kappa shape index (κ1) is 55.1. The average Bonchev–Trinajstić information content (AvgIpc) is 3.22. The summed E-state index contributed by atoms with van der Waals surface area (Å²) in [7, 11) is 0. The number of esters is 3. The number of rotatable bonds is 43. The summed E-state index contributed by atoms with van der Waals surface area (Å²) in [5.74, 6) is -0.949. The molecule has 334 valence electrons. The molecule has 6 nitrogen and oxygen atoms in total. The Morgan fingerprint density at radius 1 is 0.362 bits per heavy atom. The number of carbonyl (C=O) groups is 3. The molecule has 0 amide bonds. The zero-order chi connectivity index (χ0) is 42.3. The minimum Gasteiger partial charge on any atom is -0.462 e. The summed E-state index contributed by atoms with van der Waals surface area (Å²) < 4.78 is 16.7. The van der Waals surface area contributed by atoms with Gasteiger partial charge in [-0.2, -0.15) is 0 Å². The predicted octanol–water partition coefficient (Wildman–Crippen LogP) is 15.7. The van der Waals surface area contributed by atoms with Gasteiger partial charge in [0.25, 0.3) is 0 Å². The quantitative estimate of drug-likeness (QED) is 0.0264. The number of hydrogen-bond acceptors (Lipinski definition) is 6. The number of unbranched alkanes of at least 4 members (excludes halogenated alkanes) is 22. The molecule has 0 radical (unpaired) electrons. The van der Waals surface area contributed by atoms with E-state index in [-0.39, 0.29) is 31.1 Å². The van der Waals surface area contributed by atoms with Gasteiger partial charge in [0, 0.05) is 19.3 Å². The molecule has 0 aromatic carbocycles. The van der Waals surface area contributed by atoms with E-state index >= 15 is 0 Å². The molecule has 0 spiro atoms. The van der Waals surface area contributed by atoms with Crippen LogP contribution in [0.5, 0.6) is 0 Å². The zero-order valence-electron chi connectivity index (χ0n) is 38.0. The van der Waals surface area contributed by atoms with Crippen molar-refractivity contribution in [2.75, 3.05) is 13.2 Å². The fourth-order valence-corrected chi connectivity index (χ4v) is 6.56. The summed E-state index contributed by atoms with van der Waals surface area (Å²) in [5, 5.41) is 0. The highest BCUT2D eigenvalue weighted by atomic mass is 16.6. The molecule has 0 aromatic rings. The van der Waals surface area contributed by atoms with Crippen LogP contribution in [0.4, 0.5) is 0 Å². The molecule has 0 fully saturated rings. The fourth-order valence-electron chi connectivity index (χ4n) is 6.56. The van der Waals surface area contributed by atoms with Crippen LogP contribution in [0.2, 0.25) is 0 Å². The summed E-state index contributed by atoms with van der Waals surface area (Å²) in [5.41, 5.74) is 0. The van der Waals surface area contributed by atoms with E-state index in [1.807, 2.05) is 0 Å². The van der Waals surface area contributed by atoms with Crippen molar-refractivity contribution in [1.82, 2.24) is 0 Å². The Balaban J connectivity index is 4.46. The van der Waals surface area contributed by atoms with Crippen LogP contribution in [0.25, 0.3) is 0 Å². The third kappa shape index (κ3) is 44.2. The van der Waals surface area contributed by atoms with E-state index in [9.17, 15) is 14.4 Å². The van der Waals surface area contributed by atoms with Gasteiger partial charge in [0.15, 0.2) is 6.10 Å². The molecule has 0 saturated heterocycles. The van der Waals surface area contributed by atoms with Gasteiger partial charge in [-0.1, -0.05) is 171 Å². The van der Waals surface area contributed by atoms with Crippen LogP contribution in [0, 0.1) is 0 Å². The van der Waals surface area contributed by atoms with Crippen LogP contribution < -0.4 is 0 Å². The number of ether oxygens (including phenoxy) is 3. The van der Waals surface area contributed by atoms with Crippen LogP contribution in [0.3, 0.4) is 0 Å². The maximum absolute atomic E-state index is 12.7. The normalized spacial score (nSPS) is 12.5. The van der Waals surface area contributed by atoms with E-state index in [0.29, 0.717) is 19.3 Å². The molecule has 0 saturated carbocycles. The molecule has 0 N–H and O–H groups in total. The number of allylic oxidation sites excluding steroid dienone is 10. The van der Waals surface area contributed by atoms with E-state index in [1.165, 1.54) is 77.0 Å². The third-order valence-electron chi connectivity index (χ3n) is 10.2. The van der Waals surface area contributed by atoms with Gasteiger partial charge in [-0.3, -0.25) is 14.4 Å². The second-order valence-electron chi connectivity index (χ2n) is 16.0. The Morgan fingerprint density at radius 2 is 0.672 bits per heavy atom. The maximum atomic E-state index is 12.7. The van der Waals surface area contributed by atoms with E-state index in [4.69, 9.17) is 14.2 Å². The van der Waals surface area contributed by atoms with Crippen molar-refractivity contribution in [3.63, 3.8) is 0 Å². The zero-order valence-corrected chi connectivity index (χ0v) is 38.0. The molecule has 0 rings (SSSR count). The molecule has 1 unspecified atom stereocenters. The highest BCUT2D eigenvalue weighted by Crippen LogP contribution is 2.13. The van der Waals surface area contributed by atoms with Crippen molar-refractivity contribution >= 4 is 17.9 Å². The van der Waals surface area contributed by atoms with E-state index in [1.54, 1.807) is 0 Å². The fraction of sp³-hybridized carbons (Fsp3) is 0.750. The molecule has 0 heterocycles. The van der Waals surface area contributed by atoms with Crippen molar-refractivity contribution in [2.24, 2.45) is 0 Å². The SMILES string of the molecule is CC/C=C\C/C=C\C/C=C\CCCCCCC(=O)OCC(COC(=O)CCCCC/C=C\CCCCCCCC)OC(=O)CCCCC/C=C\CCCCCCCC. The van der Waals surface area contributed by atoms with Crippen molar-refractivity contribution in [3.05, 3.63) is 60.8 Å². The Labute approximate surface area is 358 Å². The highest BCUT2D eigenvalue weighted by Gasteiger charge is 2.19. The molecule has 0 aliphatic carbocycles. The molecule has 1 atom stereocenters. The molecule has 0 aliphatic heterocycles. The van der Waals surface area contributed by atoms with Crippen LogP contribution in [-0.4, -0.2) is 37.2 Å². The van der Waals surface area contributed by atoms with Crippen LogP contribution >= 0.6 is 0 Å². The van der Waals surface area contributed by atoms with Gasteiger partial charge >= 0.3 is 17.9 Å². The van der Waals surface area contributed by atoms with Gasteiger partial charge in [-0.15, -0.1) is 0 Å². The lowest BCUT2D eigenvalue weighted by atomic mass is 10.1. The van der Waals surface area contributed by atoms with Crippen molar-refractivity contribution < 1.29 is 28.6 Å². The largest absolute Gasteiger partial charge is 0.462 e. The summed E-state index contributed by atoms with van der Waals surface area (Å²) in [6.45, 7) is 6.45. The van der Waals surface area contributed by atoms with E-state index < -0.39 is 6.10 Å². The lowest BCUT2D eigenvalue weighted by Gasteiger charge is -2.18. The van der Waals surface area contributed by atoms with Gasteiger partial charge in [0.2, 0.25) is 0 Å². The summed E-state index contributed by atoms with van der Waals surface area (Å²) in [4.78, 5) is 37.8. The Kier molecular flexibility index (Phi) is 44.5. The number of hydrogen-bond donors (Lipinski definition) is 0. The maximum Gasteiger partial charge on any atom is 0.306 e. The first-order chi connectivity index (χ1) is 28.5. The molecule has 0 aromatic heterocycles. The second-order valence-corrected chi connectivity index (χ2v) is 16.0. The Morgan fingerprint density at radius 3 is 1.09 bits per heavy atom. The van der Waals surface area contributed by atoms with Gasteiger partial charge in [0.05, 0.1) is 0 Å². The highest BCUT2D eigenvalue weighted by molar-refractivity contribution is 5.71. The van der Waals surface area contributed by atoms with Crippen molar-refractivity contribution in [1.29, 1.82) is 0 Å². The molecular weight excluding hydrogens is 721 g/mol. The van der Waals surface area contributed by atoms with Crippen molar-refractivity contribution in [3.8, 4) is 0 Å². The minimum absolute atomic E-state index is 0.0956. The van der Waals surface area contributed by atoms with Crippen LogP contribution in [0.15, 0.2) is 60.8 Å². The first-order valence-electron chi connectivity index (χ1n) is 24.3. The van der Waals surface area contributed by atoms with Gasteiger partial charge < -0.3 is 14.2 Å². The summed E-state index contributed by atoms with van der Waals surface area (Å²) in [6, 6.07) is 0. The van der Waals surface area contributed by atoms with E-state index in [2.05, 4.69) is 81.5 Å². The Hall–Kier alpha value is -2.89. The van der Waals surface area contributed by atoms with Gasteiger partial charge in [-0.25, -0.2) is 0 Å². The van der Waals surface area contributed by atoms with Gasteiger partial charge in [-0.05, 0) is 103 Å². The third-order valence-corrected chi connectivity index (χ3v) is 10.2. The smallest absolute Gasteiger partial charge is 0.306 e. The van der Waals surface area contributed by atoms with Crippen molar-refractivity contribution in [2.45, 2.75) is 239 Å². The first-order valence-corrected chi connectivity index (χ1v) is 24.3. The van der Waals surface area contributed by atoms with Crippen LogP contribution in [-0.2, 0) is 28.6 Å². The molecule has 58 heavy (non-hydrogen) atoms. The van der Waals surface area contributed by atoms with E-state index in [0.717, 1.165) is 116 Å². The predicted molar refractivity (Wildman–Crippen MR) is 247 cm³/mol. The Bertz CT molecular complexity index is 1070. The molecular formula is C52H90O6. The average molecular weight is 811 g/mol. The lowest BCUT2D eigenvalue weighted by molar-refractivity contribution is -0.167. The molecule has 0 bridgehead atoms.